The Hall–Kier alpha value is -0.740. The highest BCUT2D eigenvalue weighted by Gasteiger charge is 2.19. The van der Waals surface area contributed by atoms with E-state index in [9.17, 15) is 0 Å². The average Bonchev–Trinajstić information content (AvgIpc) is 2.39. The molecule has 0 spiro atoms. The summed E-state index contributed by atoms with van der Waals surface area (Å²) in [5, 5.41) is 9.94. The molecule has 0 saturated carbocycles. The van der Waals surface area contributed by atoms with E-state index in [1.54, 1.807) is 0 Å². The van der Waals surface area contributed by atoms with Crippen LogP contribution in [0, 0.1) is 6.92 Å². The third-order valence-electron chi connectivity index (χ3n) is 3.45. The minimum Gasteiger partial charge on any atom is -0.392 e. The summed E-state index contributed by atoms with van der Waals surface area (Å²) in [6.07, 6.45) is 4.67. The molecule has 0 aliphatic carbocycles. The molecule has 0 unspecified atom stereocenters. The van der Waals surface area contributed by atoms with Crippen LogP contribution in [0.1, 0.15) is 24.1 Å². The van der Waals surface area contributed by atoms with Gasteiger partial charge in [-0.05, 0) is 37.7 Å². The Morgan fingerprint density at radius 2 is 2.12 bits per heavy atom. The SMILES string of the molecule is CSC1CCN(c2ccc(CO)c(C)n2)CC1. The van der Waals surface area contributed by atoms with E-state index in [4.69, 9.17) is 5.11 Å². The van der Waals surface area contributed by atoms with Crippen molar-refractivity contribution in [3.05, 3.63) is 23.4 Å². The molecule has 1 aromatic rings. The molecule has 1 fully saturated rings. The highest BCUT2D eigenvalue weighted by Crippen LogP contribution is 2.24. The van der Waals surface area contributed by atoms with E-state index >= 15 is 0 Å². The molecule has 1 aromatic heterocycles. The molecule has 1 aliphatic heterocycles. The number of rotatable bonds is 3. The van der Waals surface area contributed by atoms with E-state index in [0.29, 0.717) is 0 Å². The van der Waals surface area contributed by atoms with Crippen LogP contribution in [0.2, 0.25) is 0 Å². The zero-order chi connectivity index (χ0) is 12.3. The number of thioether (sulfide) groups is 1. The Bertz CT molecular complexity index is 376. The molecular formula is C13H20N2OS. The molecule has 0 bridgehead atoms. The second kappa shape index (κ2) is 5.74. The van der Waals surface area contributed by atoms with Crippen LogP contribution >= 0.6 is 11.8 Å². The molecule has 1 saturated heterocycles. The summed E-state index contributed by atoms with van der Waals surface area (Å²) in [7, 11) is 0. The van der Waals surface area contributed by atoms with E-state index in [1.165, 1.54) is 12.8 Å². The van der Waals surface area contributed by atoms with Gasteiger partial charge in [0, 0.05) is 24.0 Å². The van der Waals surface area contributed by atoms with Crippen molar-refractivity contribution < 1.29 is 5.11 Å². The molecule has 2 rings (SSSR count). The molecular weight excluding hydrogens is 232 g/mol. The second-order valence-corrected chi connectivity index (χ2v) is 5.63. The van der Waals surface area contributed by atoms with Gasteiger partial charge in [0.05, 0.1) is 6.61 Å². The van der Waals surface area contributed by atoms with Crippen molar-refractivity contribution >= 4 is 17.6 Å². The maximum absolute atomic E-state index is 9.13. The molecule has 17 heavy (non-hydrogen) atoms. The average molecular weight is 252 g/mol. The summed E-state index contributed by atoms with van der Waals surface area (Å²) in [6.45, 7) is 4.23. The number of pyridine rings is 1. The largest absolute Gasteiger partial charge is 0.392 e. The number of aliphatic hydroxyl groups excluding tert-OH is 1. The van der Waals surface area contributed by atoms with Crippen molar-refractivity contribution in [3.63, 3.8) is 0 Å². The second-order valence-electron chi connectivity index (χ2n) is 4.49. The van der Waals surface area contributed by atoms with Gasteiger partial charge in [0.25, 0.3) is 0 Å². The van der Waals surface area contributed by atoms with Gasteiger partial charge in [-0.1, -0.05) is 6.07 Å². The predicted octanol–water partition coefficient (Wildman–Crippen LogP) is 2.21. The Morgan fingerprint density at radius 3 is 2.65 bits per heavy atom. The van der Waals surface area contributed by atoms with E-state index in [1.807, 2.05) is 30.8 Å². The van der Waals surface area contributed by atoms with Gasteiger partial charge < -0.3 is 10.0 Å². The lowest BCUT2D eigenvalue weighted by Crippen LogP contribution is -2.35. The van der Waals surface area contributed by atoms with Crippen molar-refractivity contribution in [1.82, 2.24) is 4.98 Å². The van der Waals surface area contributed by atoms with E-state index in [0.717, 1.165) is 35.4 Å². The first-order valence-electron chi connectivity index (χ1n) is 6.09. The number of anilines is 1. The van der Waals surface area contributed by atoms with Crippen molar-refractivity contribution in [3.8, 4) is 0 Å². The fourth-order valence-electron chi connectivity index (χ4n) is 2.24. The van der Waals surface area contributed by atoms with Gasteiger partial charge in [-0.25, -0.2) is 4.98 Å². The van der Waals surface area contributed by atoms with Crippen LogP contribution in [0.4, 0.5) is 5.82 Å². The number of aliphatic hydroxyl groups is 1. The number of aryl methyl sites for hydroxylation is 1. The standard InChI is InChI=1S/C13H20N2OS/c1-10-11(9-16)3-4-13(14-10)15-7-5-12(17-2)6-8-15/h3-4,12,16H,5-9H2,1-2H3. The molecule has 94 valence electrons. The van der Waals surface area contributed by atoms with Crippen LogP contribution in [0.25, 0.3) is 0 Å². The van der Waals surface area contributed by atoms with Gasteiger partial charge in [0.1, 0.15) is 5.82 Å². The predicted molar refractivity (Wildman–Crippen MR) is 73.6 cm³/mol. The summed E-state index contributed by atoms with van der Waals surface area (Å²) < 4.78 is 0. The van der Waals surface area contributed by atoms with Crippen LogP contribution in [0.15, 0.2) is 12.1 Å². The molecule has 3 nitrogen and oxygen atoms in total. The van der Waals surface area contributed by atoms with Crippen molar-refractivity contribution in [2.75, 3.05) is 24.2 Å². The number of nitrogens with zero attached hydrogens (tertiary/aromatic N) is 2. The smallest absolute Gasteiger partial charge is 0.128 e. The van der Waals surface area contributed by atoms with Gasteiger partial charge in [-0.2, -0.15) is 11.8 Å². The highest BCUT2D eigenvalue weighted by molar-refractivity contribution is 7.99. The summed E-state index contributed by atoms with van der Waals surface area (Å²) in [6, 6.07) is 4.01. The maximum atomic E-state index is 9.13. The molecule has 0 radical (unpaired) electrons. The first kappa shape index (κ1) is 12.7. The number of aromatic nitrogens is 1. The van der Waals surface area contributed by atoms with Crippen molar-refractivity contribution in [2.45, 2.75) is 31.6 Å². The highest BCUT2D eigenvalue weighted by atomic mass is 32.2. The van der Waals surface area contributed by atoms with Crippen LogP contribution in [0.3, 0.4) is 0 Å². The van der Waals surface area contributed by atoms with Crippen LogP contribution in [0.5, 0.6) is 0 Å². The molecule has 0 amide bonds. The number of hydrogen-bond donors (Lipinski definition) is 1. The molecule has 2 heterocycles. The lowest BCUT2D eigenvalue weighted by molar-refractivity contribution is 0.280. The molecule has 1 N–H and O–H groups in total. The zero-order valence-electron chi connectivity index (χ0n) is 10.5. The summed E-state index contributed by atoms with van der Waals surface area (Å²) in [5.41, 5.74) is 1.87. The normalized spacial score (nSPS) is 17.5. The summed E-state index contributed by atoms with van der Waals surface area (Å²) in [5.74, 6) is 1.05. The first-order valence-corrected chi connectivity index (χ1v) is 7.38. The molecule has 0 aromatic carbocycles. The Balaban J connectivity index is 2.06. The fraction of sp³-hybridized carbons (Fsp3) is 0.615. The van der Waals surface area contributed by atoms with Crippen molar-refractivity contribution in [2.24, 2.45) is 0 Å². The van der Waals surface area contributed by atoms with Gasteiger partial charge in [0.15, 0.2) is 0 Å². The number of hydrogen-bond acceptors (Lipinski definition) is 4. The molecule has 4 heteroatoms. The van der Waals surface area contributed by atoms with Gasteiger partial charge >= 0.3 is 0 Å². The zero-order valence-corrected chi connectivity index (χ0v) is 11.3. The Labute approximate surface area is 107 Å². The van der Waals surface area contributed by atoms with Crippen molar-refractivity contribution in [1.29, 1.82) is 0 Å². The van der Waals surface area contributed by atoms with E-state index in [-0.39, 0.29) is 6.61 Å². The molecule has 1 aliphatic rings. The summed E-state index contributed by atoms with van der Waals surface area (Å²) in [4.78, 5) is 6.93. The third kappa shape index (κ3) is 2.93. The van der Waals surface area contributed by atoms with Crippen LogP contribution in [-0.4, -0.2) is 34.7 Å². The fourth-order valence-corrected chi connectivity index (χ4v) is 2.92. The van der Waals surface area contributed by atoms with Crippen LogP contribution in [-0.2, 0) is 6.61 Å². The first-order chi connectivity index (χ1) is 8.24. The Morgan fingerprint density at radius 1 is 1.41 bits per heavy atom. The van der Waals surface area contributed by atoms with E-state index in [2.05, 4.69) is 16.1 Å². The quantitative estimate of drug-likeness (QED) is 0.895. The van der Waals surface area contributed by atoms with Crippen LogP contribution < -0.4 is 4.90 Å². The number of piperidine rings is 1. The maximum Gasteiger partial charge on any atom is 0.128 e. The lowest BCUT2D eigenvalue weighted by Gasteiger charge is -2.32. The lowest BCUT2D eigenvalue weighted by atomic mass is 10.1. The van der Waals surface area contributed by atoms with Gasteiger partial charge in [-0.15, -0.1) is 0 Å². The topological polar surface area (TPSA) is 36.4 Å². The minimum atomic E-state index is 0.0770. The van der Waals surface area contributed by atoms with E-state index < -0.39 is 0 Å². The summed E-state index contributed by atoms with van der Waals surface area (Å²) >= 11 is 1.97. The van der Waals surface area contributed by atoms with Gasteiger partial charge in [-0.3, -0.25) is 0 Å². The molecule has 0 atom stereocenters. The minimum absolute atomic E-state index is 0.0770. The Kier molecular flexibility index (Phi) is 4.29. The third-order valence-corrected chi connectivity index (χ3v) is 4.59. The monoisotopic (exact) mass is 252 g/mol. The van der Waals surface area contributed by atoms with Gasteiger partial charge in [0.2, 0.25) is 0 Å².